The Hall–Kier alpha value is -5.27. The molecule has 0 bridgehead atoms. The third kappa shape index (κ3) is 5.53. The quantitative estimate of drug-likeness (QED) is 0.110. The predicted octanol–water partition coefficient (Wildman–Crippen LogP) is 1.17. The molecule has 1 aromatic carbocycles. The molecule has 37 heavy (non-hydrogen) atoms. The van der Waals surface area contributed by atoms with E-state index in [1.807, 2.05) is 0 Å². The van der Waals surface area contributed by atoms with E-state index in [1.54, 1.807) is 24.3 Å². The second kappa shape index (κ2) is 10.6. The first-order chi connectivity index (χ1) is 17.8. The number of benzene rings is 1. The normalized spacial score (nSPS) is 11.4. The number of aromatic amines is 1. The second-order valence-corrected chi connectivity index (χ2v) is 7.56. The Kier molecular flexibility index (Phi) is 7.09. The van der Waals surface area contributed by atoms with Crippen molar-refractivity contribution in [1.82, 2.24) is 29.7 Å². The van der Waals surface area contributed by atoms with E-state index in [4.69, 9.17) is 25.4 Å². The molecule has 4 rings (SSSR count). The number of methoxy groups -OCH3 is 2. The lowest BCUT2D eigenvalue weighted by Crippen LogP contribution is -2.18. The average Bonchev–Trinajstić information content (AvgIpc) is 3.28. The lowest BCUT2D eigenvalue weighted by Gasteiger charge is -2.20. The molecule has 14 heteroatoms. The molecular formula is C23H23N9O5. The van der Waals surface area contributed by atoms with Crippen LogP contribution in [0.1, 0.15) is 29.9 Å². The van der Waals surface area contributed by atoms with E-state index in [1.165, 1.54) is 45.7 Å². The van der Waals surface area contributed by atoms with Gasteiger partial charge < -0.3 is 25.3 Å². The van der Waals surface area contributed by atoms with Crippen LogP contribution in [0.15, 0.2) is 53.6 Å². The van der Waals surface area contributed by atoms with E-state index in [-0.39, 0.29) is 40.7 Å². The van der Waals surface area contributed by atoms with Crippen LogP contribution < -0.4 is 31.0 Å². The van der Waals surface area contributed by atoms with Crippen LogP contribution in [0.3, 0.4) is 0 Å². The van der Waals surface area contributed by atoms with Gasteiger partial charge in [0.05, 0.1) is 19.8 Å². The van der Waals surface area contributed by atoms with Gasteiger partial charge in [0.1, 0.15) is 17.6 Å². The van der Waals surface area contributed by atoms with Crippen molar-refractivity contribution in [1.29, 1.82) is 5.41 Å². The van der Waals surface area contributed by atoms with Gasteiger partial charge >= 0.3 is 11.7 Å². The molecule has 0 spiro atoms. The van der Waals surface area contributed by atoms with E-state index in [9.17, 15) is 9.59 Å². The van der Waals surface area contributed by atoms with Crippen LogP contribution in [0.2, 0.25) is 0 Å². The molecule has 1 atom stereocenters. The van der Waals surface area contributed by atoms with E-state index in [0.717, 1.165) is 4.68 Å². The Balaban J connectivity index is 1.83. The molecule has 14 nitrogen and oxygen atoms in total. The van der Waals surface area contributed by atoms with Crippen LogP contribution in [-0.4, -0.2) is 55.7 Å². The number of hydrogen-bond acceptors (Lipinski definition) is 11. The molecule has 0 amide bonds. The van der Waals surface area contributed by atoms with Gasteiger partial charge in [-0.1, -0.05) is 0 Å². The van der Waals surface area contributed by atoms with Crippen molar-refractivity contribution in [2.75, 3.05) is 19.5 Å². The van der Waals surface area contributed by atoms with Crippen LogP contribution in [-0.2, 0) is 4.79 Å². The fourth-order valence-electron chi connectivity index (χ4n) is 3.43. The SMILES string of the molecule is COc1cc(C(Nc2ccc(C(=N)N)c(OC(C)=O)c2)c2nn(-c3ncccn3)c(=O)[nH]2)cc(OC)n1. The molecule has 3 heterocycles. The van der Waals surface area contributed by atoms with Crippen molar-refractivity contribution >= 4 is 17.5 Å². The molecule has 0 aliphatic carbocycles. The van der Waals surface area contributed by atoms with Gasteiger partial charge in [-0.2, -0.15) is 4.98 Å². The van der Waals surface area contributed by atoms with Gasteiger partial charge in [-0.15, -0.1) is 9.78 Å². The zero-order valence-electron chi connectivity index (χ0n) is 20.1. The first-order valence-corrected chi connectivity index (χ1v) is 10.8. The van der Waals surface area contributed by atoms with Crippen molar-refractivity contribution in [2.45, 2.75) is 13.0 Å². The van der Waals surface area contributed by atoms with Crippen molar-refractivity contribution < 1.29 is 19.0 Å². The highest BCUT2D eigenvalue weighted by Crippen LogP contribution is 2.31. The van der Waals surface area contributed by atoms with Crippen LogP contribution in [0, 0.1) is 5.41 Å². The number of nitrogens with two attached hydrogens (primary N) is 1. The number of carbonyl (C=O) groups is 1. The van der Waals surface area contributed by atoms with Crippen LogP contribution >= 0.6 is 0 Å². The molecule has 0 aliphatic heterocycles. The van der Waals surface area contributed by atoms with Crippen molar-refractivity contribution in [3.05, 3.63) is 76.2 Å². The fourth-order valence-corrected chi connectivity index (χ4v) is 3.43. The Morgan fingerprint density at radius 2 is 1.81 bits per heavy atom. The van der Waals surface area contributed by atoms with Gasteiger partial charge in [-0.05, 0) is 23.8 Å². The largest absolute Gasteiger partial charge is 0.481 e. The van der Waals surface area contributed by atoms with Crippen LogP contribution in [0.4, 0.5) is 5.69 Å². The zero-order chi connectivity index (χ0) is 26.5. The third-order valence-electron chi connectivity index (χ3n) is 5.04. The second-order valence-electron chi connectivity index (χ2n) is 7.56. The monoisotopic (exact) mass is 505 g/mol. The molecule has 0 radical (unpaired) electrons. The Morgan fingerprint density at radius 3 is 2.41 bits per heavy atom. The minimum absolute atomic E-state index is 0.0848. The number of nitrogens with one attached hydrogen (secondary N) is 3. The molecule has 1 unspecified atom stereocenters. The van der Waals surface area contributed by atoms with Gasteiger partial charge in [0.2, 0.25) is 11.8 Å². The summed E-state index contributed by atoms with van der Waals surface area (Å²) in [6.45, 7) is 1.24. The maximum atomic E-state index is 12.8. The van der Waals surface area contributed by atoms with Gasteiger partial charge in [0.25, 0.3) is 5.95 Å². The van der Waals surface area contributed by atoms with Gasteiger partial charge in [-0.25, -0.2) is 14.8 Å². The standard InChI is InChI=1S/C23H23N9O5/c1-12(33)37-16-11-14(5-6-15(16)20(24)25)28-19(13-9-17(35-2)29-18(10-13)36-3)21-30-23(34)32(31-21)22-26-7-4-8-27-22/h4-11,19,28H,1-3H3,(H3,24,25)(H,30,31,34). The number of pyridine rings is 1. The predicted molar refractivity (Wildman–Crippen MR) is 131 cm³/mol. The number of H-pyrrole nitrogens is 1. The molecule has 0 aliphatic rings. The highest BCUT2D eigenvalue weighted by Gasteiger charge is 2.23. The van der Waals surface area contributed by atoms with E-state index >= 15 is 0 Å². The summed E-state index contributed by atoms with van der Waals surface area (Å²) in [5.74, 6) is 0.0627. The van der Waals surface area contributed by atoms with Gasteiger partial charge in [0.15, 0.2) is 5.82 Å². The number of nitrogens with zero attached hydrogens (tertiary/aromatic N) is 5. The molecule has 4 aromatic rings. The van der Waals surface area contributed by atoms with Crippen molar-refractivity contribution in [2.24, 2.45) is 5.73 Å². The number of rotatable bonds is 9. The molecular weight excluding hydrogens is 482 g/mol. The van der Waals surface area contributed by atoms with E-state index in [2.05, 4.69) is 30.4 Å². The minimum atomic E-state index is -0.781. The summed E-state index contributed by atoms with van der Waals surface area (Å²) >= 11 is 0. The number of ether oxygens (including phenoxy) is 3. The molecule has 190 valence electrons. The Morgan fingerprint density at radius 1 is 1.14 bits per heavy atom. The highest BCUT2D eigenvalue weighted by atomic mass is 16.5. The summed E-state index contributed by atoms with van der Waals surface area (Å²) in [5, 5.41) is 15.4. The van der Waals surface area contributed by atoms with Crippen molar-refractivity contribution in [3.8, 4) is 23.5 Å². The highest BCUT2D eigenvalue weighted by molar-refractivity contribution is 5.98. The summed E-state index contributed by atoms with van der Waals surface area (Å²) in [5.41, 5.74) is 6.35. The van der Waals surface area contributed by atoms with Crippen LogP contribution in [0.25, 0.3) is 5.95 Å². The number of carbonyl (C=O) groups excluding carboxylic acids is 1. The number of amidine groups is 1. The summed E-state index contributed by atoms with van der Waals surface area (Å²) in [6.07, 6.45) is 2.98. The van der Waals surface area contributed by atoms with Gasteiger partial charge in [0, 0.05) is 43.2 Å². The molecule has 0 saturated carbocycles. The third-order valence-corrected chi connectivity index (χ3v) is 5.04. The van der Waals surface area contributed by atoms with E-state index < -0.39 is 17.7 Å². The smallest absolute Gasteiger partial charge is 0.350 e. The summed E-state index contributed by atoms with van der Waals surface area (Å²) in [7, 11) is 2.92. The summed E-state index contributed by atoms with van der Waals surface area (Å²) in [4.78, 5) is 39.5. The molecule has 0 fully saturated rings. The molecule has 5 N–H and O–H groups in total. The maximum absolute atomic E-state index is 12.8. The average molecular weight is 505 g/mol. The number of anilines is 1. The molecule has 0 saturated heterocycles. The lowest BCUT2D eigenvalue weighted by atomic mass is 10.1. The van der Waals surface area contributed by atoms with Gasteiger partial charge in [-0.3, -0.25) is 15.2 Å². The summed E-state index contributed by atoms with van der Waals surface area (Å²) in [6, 6.07) is 8.82. The lowest BCUT2D eigenvalue weighted by molar-refractivity contribution is -0.131. The zero-order valence-corrected chi connectivity index (χ0v) is 20.1. The first-order valence-electron chi connectivity index (χ1n) is 10.8. The Labute approximate surface area is 210 Å². The first kappa shape index (κ1) is 24.8. The number of hydrogen-bond donors (Lipinski definition) is 4. The summed E-state index contributed by atoms with van der Waals surface area (Å²) < 4.78 is 16.9. The van der Waals surface area contributed by atoms with Crippen LogP contribution in [0.5, 0.6) is 17.5 Å². The Bertz CT molecular complexity index is 1480. The number of esters is 1. The van der Waals surface area contributed by atoms with Crippen molar-refractivity contribution in [3.63, 3.8) is 0 Å². The maximum Gasteiger partial charge on any atom is 0.350 e. The topological polar surface area (TPSA) is 196 Å². The minimum Gasteiger partial charge on any atom is -0.481 e. The fraction of sp³-hybridized carbons (Fsp3) is 0.174. The van der Waals surface area contributed by atoms with E-state index in [0.29, 0.717) is 11.3 Å². The molecule has 3 aromatic heterocycles. The number of aromatic nitrogens is 6. The number of nitrogen functional groups attached to an aromatic ring is 1.